The average Bonchev–Trinajstić information content (AvgIpc) is 2.55. The molecule has 1 fully saturated rings. The third-order valence-electron chi connectivity index (χ3n) is 4.12. The van der Waals surface area contributed by atoms with E-state index in [0.717, 1.165) is 5.56 Å². The van der Waals surface area contributed by atoms with Crippen molar-refractivity contribution < 1.29 is 14.3 Å². The van der Waals surface area contributed by atoms with Gasteiger partial charge < -0.3 is 15.4 Å². The van der Waals surface area contributed by atoms with E-state index in [-0.39, 0.29) is 17.9 Å². The van der Waals surface area contributed by atoms with Gasteiger partial charge in [0.25, 0.3) is 0 Å². The maximum absolute atomic E-state index is 12.3. The quantitative estimate of drug-likeness (QED) is 0.810. The van der Waals surface area contributed by atoms with Crippen LogP contribution in [0.5, 0.6) is 0 Å². The van der Waals surface area contributed by atoms with E-state index in [9.17, 15) is 9.59 Å². The van der Waals surface area contributed by atoms with Crippen LogP contribution in [0.15, 0.2) is 24.3 Å². The van der Waals surface area contributed by atoms with E-state index in [1.165, 1.54) is 7.11 Å². The van der Waals surface area contributed by atoms with Gasteiger partial charge in [-0.2, -0.15) is 0 Å². The molecule has 2 atom stereocenters. The van der Waals surface area contributed by atoms with Crippen molar-refractivity contribution in [1.82, 2.24) is 9.80 Å². The summed E-state index contributed by atoms with van der Waals surface area (Å²) in [6.07, 6.45) is 0.342. The van der Waals surface area contributed by atoms with Crippen LogP contribution >= 0.6 is 11.6 Å². The Kier molecular flexibility index (Phi) is 6.60. The Morgan fingerprint density at radius 1 is 1.29 bits per heavy atom. The number of amides is 1. The van der Waals surface area contributed by atoms with Gasteiger partial charge in [0.15, 0.2) is 0 Å². The molecule has 132 valence electrons. The molecule has 1 aromatic carbocycles. The molecule has 0 aliphatic carbocycles. The first-order valence-corrected chi connectivity index (χ1v) is 8.41. The number of benzene rings is 1. The summed E-state index contributed by atoms with van der Waals surface area (Å²) in [4.78, 5) is 28.2. The van der Waals surface area contributed by atoms with Gasteiger partial charge in [-0.15, -0.1) is 0 Å². The second kappa shape index (κ2) is 8.46. The lowest BCUT2D eigenvalue weighted by Gasteiger charge is -2.38. The Bertz CT molecular complexity index is 586. The number of nitrogens with two attached hydrogens (primary N) is 1. The van der Waals surface area contributed by atoms with Crippen LogP contribution in [-0.4, -0.2) is 61.0 Å². The first-order valence-electron chi connectivity index (χ1n) is 8.03. The van der Waals surface area contributed by atoms with E-state index in [4.69, 9.17) is 22.1 Å². The number of hydrogen-bond donors (Lipinski definition) is 1. The standard InChI is InChI=1S/C17H24ClN3O3/c1-12(19)10-15(22)20-6-8-21(9-7-20)16(17(23)24-2)13-4-3-5-14(18)11-13/h3-5,11-12,16H,6-10,19H2,1-2H3. The van der Waals surface area contributed by atoms with Crippen molar-refractivity contribution in [1.29, 1.82) is 0 Å². The lowest BCUT2D eigenvalue weighted by Crippen LogP contribution is -2.51. The second-order valence-corrected chi connectivity index (χ2v) is 6.52. The highest BCUT2D eigenvalue weighted by molar-refractivity contribution is 6.30. The molecule has 1 saturated heterocycles. The molecule has 1 amide bonds. The van der Waals surface area contributed by atoms with Gasteiger partial charge in [0.1, 0.15) is 6.04 Å². The van der Waals surface area contributed by atoms with Crippen LogP contribution in [0, 0.1) is 0 Å². The van der Waals surface area contributed by atoms with Crippen molar-refractivity contribution in [3.05, 3.63) is 34.9 Å². The summed E-state index contributed by atoms with van der Waals surface area (Å²) < 4.78 is 4.97. The molecule has 7 heteroatoms. The summed E-state index contributed by atoms with van der Waals surface area (Å²) in [5, 5.41) is 0.576. The normalized spacial score (nSPS) is 18.1. The molecule has 0 spiro atoms. The average molecular weight is 354 g/mol. The maximum Gasteiger partial charge on any atom is 0.327 e. The van der Waals surface area contributed by atoms with E-state index < -0.39 is 6.04 Å². The van der Waals surface area contributed by atoms with Crippen LogP contribution in [0.2, 0.25) is 5.02 Å². The lowest BCUT2D eigenvalue weighted by molar-refractivity contribution is -0.148. The number of rotatable bonds is 5. The first-order chi connectivity index (χ1) is 11.4. The van der Waals surface area contributed by atoms with Crippen molar-refractivity contribution in [3.63, 3.8) is 0 Å². The zero-order valence-corrected chi connectivity index (χ0v) is 14.8. The number of esters is 1. The zero-order chi connectivity index (χ0) is 17.7. The second-order valence-electron chi connectivity index (χ2n) is 6.08. The van der Waals surface area contributed by atoms with Crippen LogP contribution in [0.25, 0.3) is 0 Å². The Labute approximate surface area is 147 Å². The summed E-state index contributed by atoms with van der Waals surface area (Å²) in [7, 11) is 1.38. The molecule has 2 rings (SSSR count). The molecule has 1 aliphatic heterocycles. The number of methoxy groups -OCH3 is 1. The van der Waals surface area contributed by atoms with Crippen molar-refractivity contribution in [2.75, 3.05) is 33.3 Å². The minimum atomic E-state index is -0.514. The largest absolute Gasteiger partial charge is 0.468 e. The number of ether oxygens (including phenoxy) is 1. The molecule has 1 aliphatic rings. The van der Waals surface area contributed by atoms with Gasteiger partial charge in [-0.25, -0.2) is 4.79 Å². The number of hydrogen-bond acceptors (Lipinski definition) is 5. The molecule has 0 radical (unpaired) electrons. The molecule has 0 saturated carbocycles. The van der Waals surface area contributed by atoms with Gasteiger partial charge in [0.2, 0.25) is 5.91 Å². The molecule has 6 nitrogen and oxygen atoms in total. The summed E-state index contributed by atoms with van der Waals surface area (Å²) in [6, 6.07) is 6.56. The molecule has 0 aromatic heterocycles. The summed E-state index contributed by atoms with van der Waals surface area (Å²) in [5.41, 5.74) is 6.49. The molecule has 1 aromatic rings. The molecular formula is C17H24ClN3O3. The van der Waals surface area contributed by atoms with E-state index in [2.05, 4.69) is 0 Å². The van der Waals surface area contributed by atoms with Gasteiger partial charge in [0, 0.05) is 43.7 Å². The van der Waals surface area contributed by atoms with E-state index >= 15 is 0 Å². The molecule has 2 N–H and O–H groups in total. The van der Waals surface area contributed by atoms with Crippen molar-refractivity contribution in [3.8, 4) is 0 Å². The fourth-order valence-corrected chi connectivity index (χ4v) is 3.12. The van der Waals surface area contributed by atoms with Crippen LogP contribution in [0.4, 0.5) is 0 Å². The lowest BCUT2D eigenvalue weighted by atomic mass is 10.0. The number of piperazine rings is 1. The molecule has 24 heavy (non-hydrogen) atoms. The number of nitrogens with zero attached hydrogens (tertiary/aromatic N) is 2. The highest BCUT2D eigenvalue weighted by atomic mass is 35.5. The van der Waals surface area contributed by atoms with E-state index in [0.29, 0.717) is 37.6 Å². The van der Waals surface area contributed by atoms with Gasteiger partial charge in [-0.3, -0.25) is 9.69 Å². The summed E-state index contributed by atoms with van der Waals surface area (Å²) in [5.74, 6) is -0.269. The van der Waals surface area contributed by atoms with Crippen LogP contribution < -0.4 is 5.73 Å². The minimum Gasteiger partial charge on any atom is -0.468 e. The number of carbonyl (C=O) groups excluding carboxylic acids is 2. The smallest absolute Gasteiger partial charge is 0.327 e. The fourth-order valence-electron chi connectivity index (χ4n) is 2.92. The molecule has 0 bridgehead atoms. The molecular weight excluding hydrogens is 330 g/mol. The van der Waals surface area contributed by atoms with Crippen molar-refractivity contribution in [2.45, 2.75) is 25.4 Å². The maximum atomic E-state index is 12.3. The van der Waals surface area contributed by atoms with Gasteiger partial charge in [-0.05, 0) is 24.6 Å². The van der Waals surface area contributed by atoms with Crippen LogP contribution in [0.3, 0.4) is 0 Å². The minimum absolute atomic E-state index is 0.0574. The molecule has 1 heterocycles. The van der Waals surface area contributed by atoms with Gasteiger partial charge >= 0.3 is 5.97 Å². The fraction of sp³-hybridized carbons (Fsp3) is 0.529. The Morgan fingerprint density at radius 2 is 1.96 bits per heavy atom. The Hall–Kier alpha value is -1.63. The summed E-state index contributed by atoms with van der Waals surface area (Å²) in [6.45, 7) is 4.15. The van der Waals surface area contributed by atoms with Crippen molar-refractivity contribution >= 4 is 23.5 Å². The van der Waals surface area contributed by atoms with Gasteiger partial charge in [-0.1, -0.05) is 23.7 Å². The monoisotopic (exact) mass is 353 g/mol. The first kappa shape index (κ1) is 18.7. The van der Waals surface area contributed by atoms with Crippen LogP contribution in [-0.2, 0) is 14.3 Å². The molecule has 2 unspecified atom stereocenters. The SMILES string of the molecule is COC(=O)C(c1cccc(Cl)c1)N1CCN(C(=O)CC(C)N)CC1. The predicted molar refractivity (Wildman–Crippen MR) is 92.6 cm³/mol. The third kappa shape index (κ3) is 4.69. The predicted octanol–water partition coefficient (Wildman–Crippen LogP) is 1.44. The highest BCUT2D eigenvalue weighted by Crippen LogP contribution is 2.26. The van der Waals surface area contributed by atoms with Crippen LogP contribution in [0.1, 0.15) is 24.9 Å². The topological polar surface area (TPSA) is 75.9 Å². The Morgan fingerprint density at radius 3 is 2.50 bits per heavy atom. The number of carbonyl (C=O) groups is 2. The van der Waals surface area contributed by atoms with E-state index in [1.54, 1.807) is 17.0 Å². The van der Waals surface area contributed by atoms with E-state index in [1.807, 2.05) is 24.0 Å². The van der Waals surface area contributed by atoms with Gasteiger partial charge in [0.05, 0.1) is 7.11 Å². The Balaban J connectivity index is 2.08. The zero-order valence-electron chi connectivity index (χ0n) is 14.1. The summed E-state index contributed by atoms with van der Waals surface area (Å²) >= 11 is 6.05. The highest BCUT2D eigenvalue weighted by Gasteiger charge is 2.32. The number of halogens is 1. The van der Waals surface area contributed by atoms with Crippen molar-refractivity contribution in [2.24, 2.45) is 5.73 Å². The third-order valence-corrected chi connectivity index (χ3v) is 4.35.